The van der Waals surface area contributed by atoms with Crippen LogP contribution in [-0.2, 0) is 0 Å². The number of aliphatic hydroxyl groups is 2. The average molecular weight is 339 g/mol. The molecule has 3 N–H and O–H groups in total. The number of nitrogens with zero attached hydrogens (tertiary/aromatic N) is 4. The van der Waals surface area contributed by atoms with Crippen LogP contribution in [0.5, 0.6) is 0 Å². The second-order valence-electron chi connectivity index (χ2n) is 4.54. The van der Waals surface area contributed by atoms with Gasteiger partial charge in [0.1, 0.15) is 5.69 Å². The maximum absolute atomic E-state index is 14.5. The molecule has 1 unspecified atom stereocenters. The molecule has 1 atom stereocenters. The first kappa shape index (κ1) is 15.3. The van der Waals surface area contributed by atoms with E-state index < -0.39 is 28.9 Å². The summed E-state index contributed by atoms with van der Waals surface area (Å²) in [5.74, 6) is -3.12. The molecule has 3 rings (SSSR count). The van der Waals surface area contributed by atoms with Gasteiger partial charge in [-0.25, -0.2) is 13.8 Å². The van der Waals surface area contributed by atoms with E-state index in [2.05, 4.69) is 20.4 Å². The normalized spacial score (nSPS) is 17.9. The summed E-state index contributed by atoms with van der Waals surface area (Å²) in [5.41, 5.74) is -0.943. The van der Waals surface area contributed by atoms with Gasteiger partial charge in [0, 0.05) is 5.56 Å². The Morgan fingerprint density at radius 2 is 2.04 bits per heavy atom. The van der Waals surface area contributed by atoms with Crippen LogP contribution in [0.4, 0.5) is 14.5 Å². The highest BCUT2D eigenvalue weighted by Crippen LogP contribution is 2.35. The fraction of sp³-hybridized carbons (Fsp3) is 0.154. The molecule has 1 aliphatic heterocycles. The van der Waals surface area contributed by atoms with Crippen molar-refractivity contribution in [3.05, 3.63) is 41.9 Å². The van der Waals surface area contributed by atoms with E-state index in [0.717, 1.165) is 22.7 Å². The molecule has 0 amide bonds. The van der Waals surface area contributed by atoms with Crippen LogP contribution in [-0.4, -0.2) is 43.3 Å². The molecule has 0 radical (unpaired) electrons. The van der Waals surface area contributed by atoms with Gasteiger partial charge in [0.05, 0.1) is 18.0 Å². The number of H-pyrrole nitrogens is 1. The van der Waals surface area contributed by atoms with Crippen molar-refractivity contribution < 1.29 is 19.0 Å². The fourth-order valence-electron chi connectivity index (χ4n) is 2.16. The predicted octanol–water partition coefficient (Wildman–Crippen LogP) is 2.57. The second-order valence-corrected chi connectivity index (χ2v) is 5.43. The summed E-state index contributed by atoms with van der Waals surface area (Å²) in [4.78, 5) is 4.94. The number of nitrogens with one attached hydrogen (secondary N) is 1. The first-order chi connectivity index (χ1) is 11.0. The summed E-state index contributed by atoms with van der Waals surface area (Å²) in [5, 5.41) is 28.9. The van der Waals surface area contributed by atoms with E-state index in [0.29, 0.717) is 0 Å². The van der Waals surface area contributed by atoms with Crippen LogP contribution in [0.25, 0.3) is 11.3 Å². The summed E-state index contributed by atoms with van der Waals surface area (Å²) in [7, 11) is 0. The van der Waals surface area contributed by atoms with Gasteiger partial charge in [-0.05, 0) is 18.4 Å². The van der Waals surface area contributed by atoms with Gasteiger partial charge in [-0.1, -0.05) is 5.21 Å². The molecule has 1 aromatic carbocycles. The van der Waals surface area contributed by atoms with Crippen LogP contribution in [0.2, 0.25) is 0 Å². The number of aliphatic imine (C=N–C) groups is 1. The molecule has 0 bridgehead atoms. The van der Waals surface area contributed by atoms with Crippen LogP contribution in [0.1, 0.15) is 0 Å². The van der Waals surface area contributed by atoms with Crippen LogP contribution in [0.3, 0.4) is 0 Å². The minimum absolute atomic E-state index is 0.0625. The number of hydrogen-bond donors (Lipinski definition) is 3. The molecule has 7 nitrogen and oxygen atoms in total. The summed E-state index contributed by atoms with van der Waals surface area (Å²) in [6.45, 7) is 0. The monoisotopic (exact) mass is 339 g/mol. The number of anilines is 1. The molecule has 2 aromatic rings. The Bertz CT molecular complexity index is 794. The molecule has 10 heteroatoms. The molecule has 120 valence electrons. The Morgan fingerprint density at radius 1 is 1.26 bits per heavy atom. The number of halogens is 2. The average Bonchev–Trinajstić information content (AvgIpc) is 3.04. The predicted molar refractivity (Wildman–Crippen MR) is 82.3 cm³/mol. The zero-order valence-corrected chi connectivity index (χ0v) is 12.6. The van der Waals surface area contributed by atoms with Gasteiger partial charge in [0.25, 0.3) is 0 Å². The van der Waals surface area contributed by atoms with Crippen molar-refractivity contribution in [2.45, 2.75) is 5.50 Å². The smallest absolute Gasteiger partial charge is 0.214 e. The molecule has 0 saturated heterocycles. The minimum atomic E-state index is -1.17. The van der Waals surface area contributed by atoms with Crippen molar-refractivity contribution in [2.75, 3.05) is 11.2 Å². The molecule has 0 fully saturated rings. The number of hydrogen-bond acceptors (Lipinski definition) is 6. The summed E-state index contributed by atoms with van der Waals surface area (Å²) in [6.07, 6.45) is 3.95. The highest BCUT2D eigenvalue weighted by Gasteiger charge is 2.30. The van der Waals surface area contributed by atoms with E-state index in [9.17, 15) is 19.0 Å². The third-order valence-corrected chi connectivity index (χ3v) is 3.93. The maximum atomic E-state index is 14.5. The van der Waals surface area contributed by atoms with E-state index in [-0.39, 0.29) is 16.9 Å². The number of aromatic nitrogens is 3. The zero-order valence-electron chi connectivity index (χ0n) is 11.7. The molecule has 1 aromatic heterocycles. The first-order valence-corrected chi connectivity index (χ1v) is 7.66. The van der Waals surface area contributed by atoms with Crippen molar-refractivity contribution in [1.82, 2.24) is 15.4 Å². The Balaban J connectivity index is 2.07. The SMILES string of the molecule is CSC1N=C(O)C=C(O)N1c1ccc(-c2c[nH]nn2)c(F)c1F. The van der Waals surface area contributed by atoms with Crippen LogP contribution in [0, 0.1) is 11.6 Å². The standard InChI is InChI=1S/C13H11F2N5O2S/c1-23-13-17-9(21)4-10(22)20(13)8-3-2-6(11(14)12(8)15)7-5-16-19-18-7/h2-5,13,22H,1H3,(H,17,21)(H,16,18,19). The molecule has 1 aliphatic rings. The zero-order chi connectivity index (χ0) is 16.6. The van der Waals surface area contributed by atoms with E-state index in [1.165, 1.54) is 18.3 Å². The Labute approximate surface area is 133 Å². The highest BCUT2D eigenvalue weighted by atomic mass is 32.2. The van der Waals surface area contributed by atoms with Crippen molar-refractivity contribution in [3.63, 3.8) is 0 Å². The van der Waals surface area contributed by atoms with E-state index in [4.69, 9.17) is 0 Å². The molecule has 2 heterocycles. The third-order valence-electron chi connectivity index (χ3n) is 3.19. The lowest BCUT2D eigenvalue weighted by molar-refractivity contribution is 0.377. The number of aromatic amines is 1. The van der Waals surface area contributed by atoms with Gasteiger partial charge in [0.15, 0.2) is 23.0 Å². The number of rotatable bonds is 3. The highest BCUT2D eigenvalue weighted by molar-refractivity contribution is 7.99. The van der Waals surface area contributed by atoms with Gasteiger partial charge < -0.3 is 10.2 Å². The van der Waals surface area contributed by atoms with Gasteiger partial charge in [-0.15, -0.1) is 16.9 Å². The van der Waals surface area contributed by atoms with Crippen molar-refractivity contribution in [3.8, 4) is 11.3 Å². The fourth-order valence-corrected chi connectivity index (χ4v) is 2.81. The minimum Gasteiger partial charge on any atom is -0.494 e. The Hall–Kier alpha value is -2.62. The molecule has 23 heavy (non-hydrogen) atoms. The lowest BCUT2D eigenvalue weighted by Crippen LogP contribution is -2.35. The third kappa shape index (κ3) is 2.61. The summed E-state index contributed by atoms with van der Waals surface area (Å²) >= 11 is 1.13. The van der Waals surface area contributed by atoms with Crippen LogP contribution >= 0.6 is 11.8 Å². The first-order valence-electron chi connectivity index (χ1n) is 6.37. The van der Waals surface area contributed by atoms with Crippen molar-refractivity contribution in [2.24, 2.45) is 4.99 Å². The molecule has 0 spiro atoms. The molecule has 0 aliphatic carbocycles. The van der Waals surface area contributed by atoms with Gasteiger partial charge in [0.2, 0.25) is 5.90 Å². The van der Waals surface area contributed by atoms with Crippen LogP contribution in [0.15, 0.2) is 35.3 Å². The van der Waals surface area contributed by atoms with E-state index in [1.807, 2.05) is 0 Å². The summed E-state index contributed by atoms with van der Waals surface area (Å²) < 4.78 is 28.8. The topological polar surface area (TPSA) is 97.6 Å². The van der Waals surface area contributed by atoms with E-state index in [1.54, 1.807) is 6.26 Å². The molecular formula is C13H11F2N5O2S. The second kappa shape index (κ2) is 5.88. The number of aliphatic hydroxyl groups excluding tert-OH is 2. The van der Waals surface area contributed by atoms with Gasteiger partial charge in [-0.3, -0.25) is 10.00 Å². The lowest BCUT2D eigenvalue weighted by Gasteiger charge is -2.31. The largest absolute Gasteiger partial charge is 0.494 e. The molecule has 0 saturated carbocycles. The van der Waals surface area contributed by atoms with Crippen LogP contribution < -0.4 is 4.90 Å². The number of benzene rings is 1. The summed E-state index contributed by atoms with van der Waals surface area (Å²) in [6, 6.07) is 2.63. The van der Waals surface area contributed by atoms with Gasteiger partial charge in [-0.2, -0.15) is 0 Å². The van der Waals surface area contributed by atoms with Crippen molar-refractivity contribution in [1.29, 1.82) is 0 Å². The van der Waals surface area contributed by atoms with Gasteiger partial charge >= 0.3 is 0 Å². The van der Waals surface area contributed by atoms with E-state index >= 15 is 0 Å². The molecular weight excluding hydrogens is 328 g/mol. The Morgan fingerprint density at radius 3 is 2.70 bits per heavy atom. The number of thioether (sulfide) groups is 1. The Kier molecular flexibility index (Phi) is 3.90. The lowest BCUT2D eigenvalue weighted by atomic mass is 10.1. The van der Waals surface area contributed by atoms with Crippen molar-refractivity contribution >= 4 is 23.3 Å². The quantitative estimate of drug-likeness (QED) is 0.795. The maximum Gasteiger partial charge on any atom is 0.214 e.